The first-order valence-corrected chi connectivity index (χ1v) is 5.21. The van der Waals surface area contributed by atoms with Gasteiger partial charge in [0.1, 0.15) is 5.82 Å². The summed E-state index contributed by atoms with van der Waals surface area (Å²) in [6, 6.07) is 4.36. The van der Waals surface area contributed by atoms with E-state index < -0.39 is 28.9 Å². The molecule has 0 unspecified atom stereocenters. The zero-order chi connectivity index (χ0) is 14.0. The minimum absolute atomic E-state index is 0.0771. The average Bonchev–Trinajstić information content (AvgIpc) is 2.38. The molecular formula is C13H7F4NO. The number of carbonyl (C=O) groups excluding carboxylic acids is 1. The Morgan fingerprint density at radius 2 is 1.68 bits per heavy atom. The number of halogens is 4. The lowest BCUT2D eigenvalue weighted by Gasteiger charge is -2.09. The first-order valence-electron chi connectivity index (χ1n) is 5.21. The van der Waals surface area contributed by atoms with Crippen LogP contribution in [0.3, 0.4) is 0 Å². The molecule has 2 nitrogen and oxygen atoms in total. The molecule has 1 aromatic carbocycles. The van der Waals surface area contributed by atoms with E-state index in [4.69, 9.17) is 0 Å². The number of nitrogens with zero attached hydrogens (tertiary/aromatic N) is 1. The lowest BCUT2D eigenvalue weighted by atomic mass is 10.0. The molecule has 0 spiro atoms. The predicted octanol–water partition coefficient (Wildman–Crippen LogP) is 3.47. The van der Waals surface area contributed by atoms with E-state index in [1.54, 1.807) is 0 Å². The van der Waals surface area contributed by atoms with Crippen LogP contribution in [-0.4, -0.2) is 10.8 Å². The SMILES string of the molecule is O=C(c1ccncc1)c1cc(C(F)(F)F)ccc1F. The molecule has 19 heavy (non-hydrogen) atoms. The Bertz CT molecular complexity index is 608. The molecule has 0 fully saturated rings. The molecule has 0 saturated heterocycles. The Labute approximate surface area is 105 Å². The summed E-state index contributed by atoms with van der Waals surface area (Å²) in [5.41, 5.74) is -1.60. The fourth-order valence-corrected chi connectivity index (χ4v) is 1.53. The number of hydrogen-bond acceptors (Lipinski definition) is 2. The van der Waals surface area contributed by atoms with Gasteiger partial charge in [0.2, 0.25) is 0 Å². The molecule has 1 aromatic heterocycles. The quantitative estimate of drug-likeness (QED) is 0.617. The maximum atomic E-state index is 13.5. The van der Waals surface area contributed by atoms with Crippen molar-refractivity contribution >= 4 is 5.78 Å². The third-order valence-electron chi connectivity index (χ3n) is 2.48. The minimum Gasteiger partial charge on any atom is -0.288 e. The van der Waals surface area contributed by atoms with Gasteiger partial charge in [-0.25, -0.2) is 4.39 Å². The van der Waals surface area contributed by atoms with Crippen molar-refractivity contribution in [1.29, 1.82) is 0 Å². The van der Waals surface area contributed by atoms with Crippen molar-refractivity contribution in [3.05, 3.63) is 65.2 Å². The lowest BCUT2D eigenvalue weighted by molar-refractivity contribution is -0.137. The Morgan fingerprint density at radius 1 is 1.05 bits per heavy atom. The highest BCUT2D eigenvalue weighted by molar-refractivity contribution is 6.09. The van der Waals surface area contributed by atoms with Crippen LogP contribution in [0.25, 0.3) is 0 Å². The van der Waals surface area contributed by atoms with Crippen LogP contribution in [0.4, 0.5) is 17.6 Å². The van der Waals surface area contributed by atoms with E-state index in [9.17, 15) is 22.4 Å². The summed E-state index contributed by atoms with van der Waals surface area (Å²) in [6.45, 7) is 0. The van der Waals surface area contributed by atoms with Gasteiger partial charge in [-0.1, -0.05) is 0 Å². The van der Waals surface area contributed by atoms with Crippen LogP contribution in [0.2, 0.25) is 0 Å². The number of benzene rings is 1. The van der Waals surface area contributed by atoms with Gasteiger partial charge in [0.05, 0.1) is 11.1 Å². The number of carbonyl (C=O) groups is 1. The summed E-state index contributed by atoms with van der Waals surface area (Å²) in [4.78, 5) is 15.6. The molecule has 6 heteroatoms. The van der Waals surface area contributed by atoms with E-state index in [1.165, 1.54) is 24.5 Å². The molecule has 0 saturated carbocycles. The number of ketones is 1. The van der Waals surface area contributed by atoms with Crippen molar-refractivity contribution in [3.63, 3.8) is 0 Å². The molecule has 0 bridgehead atoms. The van der Waals surface area contributed by atoms with Crippen molar-refractivity contribution in [3.8, 4) is 0 Å². The van der Waals surface area contributed by atoms with Gasteiger partial charge in [-0.2, -0.15) is 13.2 Å². The smallest absolute Gasteiger partial charge is 0.288 e. The zero-order valence-electron chi connectivity index (χ0n) is 9.41. The fraction of sp³-hybridized carbons (Fsp3) is 0.0769. The van der Waals surface area contributed by atoms with E-state index in [0.717, 1.165) is 0 Å². The average molecular weight is 269 g/mol. The normalized spacial score (nSPS) is 11.4. The molecule has 0 N–H and O–H groups in total. The van der Waals surface area contributed by atoms with Crippen LogP contribution in [0, 0.1) is 5.82 Å². The minimum atomic E-state index is -4.62. The second-order valence-electron chi connectivity index (χ2n) is 3.76. The van der Waals surface area contributed by atoms with Crippen LogP contribution in [0.15, 0.2) is 42.7 Å². The maximum Gasteiger partial charge on any atom is 0.416 e. The Kier molecular flexibility index (Phi) is 3.33. The Balaban J connectivity index is 2.48. The molecular weight excluding hydrogens is 262 g/mol. The number of aromatic nitrogens is 1. The number of hydrogen-bond donors (Lipinski definition) is 0. The summed E-state index contributed by atoms with van der Waals surface area (Å²) < 4.78 is 51.1. The van der Waals surface area contributed by atoms with Crippen LogP contribution in [0.5, 0.6) is 0 Å². The summed E-state index contributed by atoms with van der Waals surface area (Å²) >= 11 is 0. The monoisotopic (exact) mass is 269 g/mol. The van der Waals surface area contributed by atoms with Crippen molar-refractivity contribution in [2.24, 2.45) is 0 Å². The largest absolute Gasteiger partial charge is 0.416 e. The first-order chi connectivity index (χ1) is 8.89. The second-order valence-corrected chi connectivity index (χ2v) is 3.76. The lowest BCUT2D eigenvalue weighted by Crippen LogP contribution is -2.10. The van der Waals surface area contributed by atoms with Crippen molar-refractivity contribution in [1.82, 2.24) is 4.98 Å². The van der Waals surface area contributed by atoms with E-state index in [0.29, 0.717) is 18.2 Å². The highest BCUT2D eigenvalue weighted by Gasteiger charge is 2.32. The molecule has 1 heterocycles. The topological polar surface area (TPSA) is 30.0 Å². The summed E-state index contributed by atoms with van der Waals surface area (Å²) in [5, 5.41) is 0. The van der Waals surface area contributed by atoms with Crippen molar-refractivity contribution < 1.29 is 22.4 Å². The van der Waals surface area contributed by atoms with Crippen LogP contribution in [0.1, 0.15) is 21.5 Å². The maximum absolute atomic E-state index is 13.5. The molecule has 98 valence electrons. The summed E-state index contributed by atoms with van der Waals surface area (Å²) in [7, 11) is 0. The Hall–Kier alpha value is -2.24. The van der Waals surface area contributed by atoms with Crippen molar-refractivity contribution in [2.45, 2.75) is 6.18 Å². The molecule has 0 aliphatic rings. The second kappa shape index (κ2) is 4.79. The highest BCUT2D eigenvalue weighted by atomic mass is 19.4. The molecule has 0 radical (unpaired) electrons. The summed E-state index contributed by atoms with van der Waals surface area (Å²) in [6.07, 6.45) is -2.02. The van der Waals surface area contributed by atoms with Crippen LogP contribution < -0.4 is 0 Å². The van der Waals surface area contributed by atoms with Gasteiger partial charge in [0, 0.05) is 18.0 Å². The van der Waals surface area contributed by atoms with E-state index in [1.807, 2.05) is 0 Å². The molecule has 0 atom stereocenters. The van der Waals surface area contributed by atoms with Crippen molar-refractivity contribution in [2.75, 3.05) is 0 Å². The highest BCUT2D eigenvalue weighted by Crippen LogP contribution is 2.30. The van der Waals surface area contributed by atoms with E-state index in [-0.39, 0.29) is 5.56 Å². The van der Waals surface area contributed by atoms with Gasteiger partial charge in [0.15, 0.2) is 5.78 Å². The molecule has 2 aromatic rings. The van der Waals surface area contributed by atoms with E-state index >= 15 is 0 Å². The zero-order valence-corrected chi connectivity index (χ0v) is 9.41. The molecule has 0 aliphatic carbocycles. The van der Waals surface area contributed by atoms with Crippen LogP contribution in [-0.2, 0) is 6.18 Å². The third kappa shape index (κ3) is 2.78. The molecule has 0 amide bonds. The Morgan fingerprint density at radius 3 is 2.26 bits per heavy atom. The van der Waals surface area contributed by atoms with Gasteiger partial charge in [-0.05, 0) is 30.3 Å². The van der Waals surface area contributed by atoms with Gasteiger partial charge in [-0.3, -0.25) is 9.78 Å². The first kappa shape index (κ1) is 13.2. The van der Waals surface area contributed by atoms with Gasteiger partial charge < -0.3 is 0 Å². The molecule has 0 aliphatic heterocycles. The number of pyridine rings is 1. The fourth-order valence-electron chi connectivity index (χ4n) is 1.53. The standard InChI is InChI=1S/C13H7F4NO/c14-11-2-1-9(13(15,16)17)7-10(11)12(19)8-3-5-18-6-4-8/h1-7H. The van der Waals surface area contributed by atoms with E-state index in [2.05, 4.69) is 4.98 Å². The number of alkyl halides is 3. The number of rotatable bonds is 2. The van der Waals surface area contributed by atoms with Gasteiger partial charge in [-0.15, -0.1) is 0 Å². The molecule has 2 rings (SSSR count). The summed E-state index contributed by atoms with van der Waals surface area (Å²) in [5.74, 6) is -1.80. The van der Waals surface area contributed by atoms with Crippen LogP contribution >= 0.6 is 0 Å². The van der Waals surface area contributed by atoms with Gasteiger partial charge >= 0.3 is 6.18 Å². The predicted molar refractivity (Wildman–Crippen MR) is 59.1 cm³/mol. The third-order valence-corrected chi connectivity index (χ3v) is 2.48. The van der Waals surface area contributed by atoms with Gasteiger partial charge in [0.25, 0.3) is 0 Å².